The molecule has 0 aromatic heterocycles. The van der Waals surface area contributed by atoms with E-state index in [1.54, 1.807) is 6.20 Å². The molecule has 1 aliphatic rings. The number of nitrogens with two attached hydrogens (primary N) is 1. The van der Waals surface area contributed by atoms with Crippen molar-refractivity contribution in [3.8, 4) is 0 Å². The maximum absolute atomic E-state index is 5.15. The third-order valence-electron chi connectivity index (χ3n) is 0.448. The second-order valence-corrected chi connectivity index (χ2v) is 1.59. The average molecular weight is 103 g/mol. The molecule has 0 radical (unpaired) electrons. The maximum Gasteiger partial charge on any atom is 0.0424 e. The number of hydrogen-bond donors (Lipinski definition) is 2. The zero-order valence-corrected chi connectivity index (χ0v) is 3.90. The Kier molecular flexibility index (Phi) is 0.999. The van der Waals surface area contributed by atoms with Gasteiger partial charge in [0.15, 0.2) is 0 Å². The molecule has 1 rings (SSSR count). The van der Waals surface area contributed by atoms with Crippen molar-refractivity contribution < 1.29 is 0 Å². The normalized spacial score (nSPS) is 19.8. The lowest BCUT2D eigenvalue weighted by Gasteiger charge is -2.02. The molecule has 3 N–H and O–H groups in total. The van der Waals surface area contributed by atoms with E-state index in [1.807, 2.05) is 5.41 Å². The summed E-state index contributed by atoms with van der Waals surface area (Å²) in [6, 6.07) is 0. The van der Waals surface area contributed by atoms with Crippen molar-refractivity contribution in [1.29, 1.82) is 0 Å². The lowest BCUT2D eigenvalue weighted by molar-refractivity contribution is 0.379. The van der Waals surface area contributed by atoms with Gasteiger partial charge in [-0.15, -0.1) is 0 Å². The molecule has 0 bridgehead atoms. The standard InChI is InChI=1S/C2H5N3S/c3-5-1-2-6-4-5/h1-2,4H,3H2. The number of nitrogens with one attached hydrogen (secondary N) is 1. The topological polar surface area (TPSA) is 41.3 Å². The van der Waals surface area contributed by atoms with Gasteiger partial charge in [-0.1, -0.05) is 0 Å². The Labute approximate surface area is 40.3 Å². The highest BCUT2D eigenvalue weighted by Crippen LogP contribution is 2.01. The highest BCUT2D eigenvalue weighted by atomic mass is 32.2. The third-order valence-corrected chi connectivity index (χ3v) is 1.02. The second kappa shape index (κ2) is 1.51. The van der Waals surface area contributed by atoms with E-state index in [0.717, 1.165) is 0 Å². The third kappa shape index (κ3) is 0.649. The molecule has 0 saturated carbocycles. The van der Waals surface area contributed by atoms with E-state index in [1.165, 1.54) is 17.1 Å². The molecule has 0 saturated heterocycles. The quantitative estimate of drug-likeness (QED) is 0.329. The summed E-state index contributed by atoms with van der Waals surface area (Å²) in [7, 11) is 0. The molecular weight excluding hydrogens is 98.1 g/mol. The molecule has 0 aromatic rings. The minimum Gasteiger partial charge on any atom is -0.241 e. The highest BCUT2D eigenvalue weighted by molar-refractivity contribution is 8.00. The molecule has 6 heavy (non-hydrogen) atoms. The molecule has 0 fully saturated rings. The number of rotatable bonds is 0. The van der Waals surface area contributed by atoms with Crippen LogP contribution in [-0.4, -0.2) is 5.12 Å². The van der Waals surface area contributed by atoms with E-state index >= 15 is 0 Å². The molecular formula is C2H5N3S. The maximum atomic E-state index is 5.15. The van der Waals surface area contributed by atoms with Crippen LogP contribution in [0.4, 0.5) is 0 Å². The fraction of sp³-hybridized carbons (Fsp3) is 0. The predicted octanol–water partition coefficient (Wildman–Crippen LogP) is -0.200. The minimum atomic E-state index is 1.39. The summed E-state index contributed by atoms with van der Waals surface area (Å²) >= 11 is 1.45. The second-order valence-electron chi connectivity index (χ2n) is 0.902. The van der Waals surface area contributed by atoms with E-state index in [-0.39, 0.29) is 0 Å². The van der Waals surface area contributed by atoms with E-state index in [2.05, 4.69) is 4.83 Å². The molecule has 0 atom stereocenters. The Morgan fingerprint density at radius 3 is 2.83 bits per heavy atom. The van der Waals surface area contributed by atoms with Crippen molar-refractivity contribution in [3.63, 3.8) is 0 Å². The zero-order chi connectivity index (χ0) is 4.41. The molecule has 0 amide bonds. The van der Waals surface area contributed by atoms with Gasteiger partial charge in [-0.3, -0.25) is 0 Å². The van der Waals surface area contributed by atoms with Gasteiger partial charge < -0.3 is 0 Å². The Balaban J connectivity index is 2.38. The first-order chi connectivity index (χ1) is 2.89. The molecule has 0 unspecified atom stereocenters. The van der Waals surface area contributed by atoms with Gasteiger partial charge in [-0.2, -0.15) is 4.83 Å². The van der Waals surface area contributed by atoms with Gasteiger partial charge in [0, 0.05) is 11.6 Å². The van der Waals surface area contributed by atoms with Gasteiger partial charge in [0.2, 0.25) is 0 Å². The molecule has 0 aliphatic carbocycles. The van der Waals surface area contributed by atoms with Gasteiger partial charge in [0.1, 0.15) is 0 Å². The number of nitrogens with zero attached hydrogens (tertiary/aromatic N) is 1. The largest absolute Gasteiger partial charge is 0.241 e. The van der Waals surface area contributed by atoms with Crippen molar-refractivity contribution in [2.24, 2.45) is 5.84 Å². The van der Waals surface area contributed by atoms with Crippen LogP contribution >= 0.6 is 11.9 Å². The molecule has 1 aliphatic heterocycles. The Bertz CT molecular complexity index is 71.2. The summed E-state index contributed by atoms with van der Waals surface area (Å²) in [6.45, 7) is 0. The number of hydrazine groups is 2. The molecule has 1 heterocycles. The van der Waals surface area contributed by atoms with E-state index in [0.29, 0.717) is 0 Å². The van der Waals surface area contributed by atoms with E-state index in [9.17, 15) is 0 Å². The van der Waals surface area contributed by atoms with Crippen LogP contribution in [0.5, 0.6) is 0 Å². The van der Waals surface area contributed by atoms with Crippen LogP contribution in [0.15, 0.2) is 11.6 Å². The molecule has 0 spiro atoms. The Morgan fingerprint density at radius 2 is 2.67 bits per heavy atom. The summed E-state index contributed by atoms with van der Waals surface area (Å²) in [5, 5.41) is 3.25. The van der Waals surface area contributed by atoms with Crippen molar-refractivity contribution in [3.05, 3.63) is 11.6 Å². The van der Waals surface area contributed by atoms with Gasteiger partial charge in [0.05, 0.1) is 0 Å². The van der Waals surface area contributed by atoms with Crippen LogP contribution in [0.1, 0.15) is 0 Å². The van der Waals surface area contributed by atoms with Gasteiger partial charge in [-0.25, -0.2) is 11.0 Å². The van der Waals surface area contributed by atoms with Crippen LogP contribution in [0.25, 0.3) is 0 Å². The number of hydrogen-bond acceptors (Lipinski definition) is 4. The first kappa shape index (κ1) is 3.98. The van der Waals surface area contributed by atoms with Crippen molar-refractivity contribution in [1.82, 2.24) is 9.95 Å². The highest BCUT2D eigenvalue weighted by Gasteiger charge is 1.92. The first-order valence-corrected chi connectivity index (χ1v) is 2.39. The van der Waals surface area contributed by atoms with E-state index < -0.39 is 0 Å². The molecule has 34 valence electrons. The fourth-order valence-electron chi connectivity index (χ4n) is 0.218. The van der Waals surface area contributed by atoms with Crippen molar-refractivity contribution >= 4 is 11.9 Å². The van der Waals surface area contributed by atoms with Crippen molar-refractivity contribution in [2.45, 2.75) is 0 Å². The molecule has 3 nitrogen and oxygen atoms in total. The monoisotopic (exact) mass is 103 g/mol. The summed E-state index contributed by atoms with van der Waals surface area (Å²) < 4.78 is 0. The van der Waals surface area contributed by atoms with Crippen LogP contribution in [0.2, 0.25) is 0 Å². The lowest BCUT2D eigenvalue weighted by Crippen LogP contribution is -2.30. The summed E-state index contributed by atoms with van der Waals surface area (Å²) in [5.74, 6) is 5.15. The summed E-state index contributed by atoms with van der Waals surface area (Å²) in [6.07, 6.45) is 1.74. The fourth-order valence-corrected chi connectivity index (χ4v) is 0.653. The van der Waals surface area contributed by atoms with Crippen LogP contribution in [0.3, 0.4) is 0 Å². The minimum absolute atomic E-state index is 1.39. The predicted molar refractivity (Wildman–Crippen MR) is 25.9 cm³/mol. The molecule has 4 heteroatoms. The van der Waals surface area contributed by atoms with Gasteiger partial charge in [-0.05, 0) is 11.9 Å². The van der Waals surface area contributed by atoms with Crippen LogP contribution in [0, 0.1) is 0 Å². The SMILES string of the molecule is NN1C=CSN1. The van der Waals surface area contributed by atoms with Crippen molar-refractivity contribution in [2.75, 3.05) is 0 Å². The molecule has 0 aromatic carbocycles. The summed E-state index contributed by atoms with van der Waals surface area (Å²) in [5.41, 5.74) is 0. The van der Waals surface area contributed by atoms with Gasteiger partial charge >= 0.3 is 0 Å². The Hall–Kier alpha value is -0.190. The zero-order valence-electron chi connectivity index (χ0n) is 3.09. The lowest BCUT2D eigenvalue weighted by atomic mass is 11.0. The van der Waals surface area contributed by atoms with Crippen LogP contribution < -0.4 is 10.7 Å². The first-order valence-electron chi connectivity index (χ1n) is 1.51. The Morgan fingerprint density at radius 1 is 1.83 bits per heavy atom. The summed E-state index contributed by atoms with van der Waals surface area (Å²) in [4.78, 5) is 2.74. The average Bonchev–Trinajstić information content (AvgIpc) is 1.86. The smallest absolute Gasteiger partial charge is 0.0424 e. The van der Waals surface area contributed by atoms with Crippen LogP contribution in [-0.2, 0) is 0 Å². The van der Waals surface area contributed by atoms with Gasteiger partial charge in [0.25, 0.3) is 0 Å². The van der Waals surface area contributed by atoms with E-state index in [4.69, 9.17) is 5.84 Å².